The van der Waals surface area contributed by atoms with Gasteiger partial charge in [-0.1, -0.05) is 23.4 Å². The van der Waals surface area contributed by atoms with E-state index in [-0.39, 0.29) is 23.6 Å². The van der Waals surface area contributed by atoms with Crippen molar-refractivity contribution in [3.63, 3.8) is 0 Å². The average molecular weight is 541 g/mol. The highest BCUT2D eigenvalue weighted by Crippen LogP contribution is 2.39. The Morgan fingerprint density at radius 1 is 1.10 bits per heavy atom. The van der Waals surface area contributed by atoms with Crippen LogP contribution in [0.25, 0.3) is 16.8 Å². The Morgan fingerprint density at radius 3 is 2.70 bits per heavy atom. The van der Waals surface area contributed by atoms with Gasteiger partial charge in [0.25, 0.3) is 5.91 Å². The first kappa shape index (κ1) is 25.2. The number of benzene rings is 2. The van der Waals surface area contributed by atoms with Crippen molar-refractivity contribution < 1.29 is 23.8 Å². The number of amides is 1. The zero-order valence-corrected chi connectivity index (χ0v) is 21.5. The van der Waals surface area contributed by atoms with Crippen molar-refractivity contribution in [2.24, 2.45) is 0 Å². The van der Waals surface area contributed by atoms with Gasteiger partial charge in [-0.15, -0.1) is 5.10 Å². The summed E-state index contributed by atoms with van der Waals surface area (Å²) in [5.41, 5.74) is 4.68. The molecule has 1 saturated carbocycles. The molecule has 1 aliphatic carbocycles. The van der Waals surface area contributed by atoms with Gasteiger partial charge in [-0.05, 0) is 71.3 Å². The van der Waals surface area contributed by atoms with Gasteiger partial charge in [0.1, 0.15) is 5.65 Å². The molecule has 6 rings (SSSR count). The average Bonchev–Trinajstić information content (AvgIpc) is 3.57. The number of hydrogen-bond acceptors (Lipinski definition) is 6. The van der Waals surface area contributed by atoms with E-state index < -0.39 is 17.7 Å². The molecule has 3 heterocycles. The van der Waals surface area contributed by atoms with E-state index in [1.165, 1.54) is 60.7 Å². The van der Waals surface area contributed by atoms with Crippen molar-refractivity contribution in [1.82, 2.24) is 29.7 Å². The normalized spacial score (nSPS) is 12.9. The van der Waals surface area contributed by atoms with E-state index in [4.69, 9.17) is 4.74 Å². The number of carbonyl (C=O) groups is 2. The predicted molar refractivity (Wildman–Crippen MR) is 143 cm³/mol. The number of rotatable bonds is 9. The Labute approximate surface area is 228 Å². The lowest BCUT2D eigenvalue weighted by Crippen LogP contribution is -2.23. The summed E-state index contributed by atoms with van der Waals surface area (Å²) in [6.07, 6.45) is 8.04. The molecule has 2 aromatic carbocycles. The van der Waals surface area contributed by atoms with Gasteiger partial charge in [0.05, 0.1) is 31.1 Å². The predicted octanol–water partition coefficient (Wildman–Crippen LogP) is 4.29. The van der Waals surface area contributed by atoms with E-state index in [2.05, 4.69) is 32.9 Å². The van der Waals surface area contributed by atoms with Crippen LogP contribution in [0.3, 0.4) is 0 Å². The lowest BCUT2D eigenvalue weighted by Gasteiger charge is -2.13. The molecular weight excluding hydrogens is 515 g/mol. The lowest BCUT2D eigenvalue weighted by molar-refractivity contribution is 0.0696. The van der Waals surface area contributed by atoms with E-state index in [1.807, 2.05) is 16.7 Å². The molecule has 2 N–H and O–H groups in total. The van der Waals surface area contributed by atoms with Crippen LogP contribution in [0.5, 0.6) is 5.75 Å². The first-order valence-electron chi connectivity index (χ1n) is 12.7. The molecule has 1 aliphatic rings. The molecular formula is C29H25FN6O4. The second-order valence-corrected chi connectivity index (χ2v) is 9.74. The maximum absolute atomic E-state index is 14.4. The third-order valence-corrected chi connectivity index (χ3v) is 6.92. The van der Waals surface area contributed by atoms with Gasteiger partial charge < -0.3 is 19.6 Å². The molecule has 1 amide bonds. The number of carboxylic acids is 1. The number of aromatic nitrogens is 5. The number of fused-ring (bicyclic) bond motifs is 1. The third-order valence-electron chi connectivity index (χ3n) is 6.92. The maximum atomic E-state index is 14.4. The van der Waals surface area contributed by atoms with E-state index in [1.54, 1.807) is 12.1 Å². The number of aromatic carboxylic acids is 1. The summed E-state index contributed by atoms with van der Waals surface area (Å²) in [5, 5.41) is 20.3. The van der Waals surface area contributed by atoms with Gasteiger partial charge in [0.2, 0.25) is 0 Å². The number of pyridine rings is 1. The molecule has 0 radical (unpaired) electrons. The van der Waals surface area contributed by atoms with Gasteiger partial charge in [0.15, 0.2) is 17.3 Å². The Balaban J connectivity index is 1.17. The minimum Gasteiger partial charge on any atom is -0.494 e. The maximum Gasteiger partial charge on any atom is 0.335 e. The monoisotopic (exact) mass is 540 g/mol. The van der Waals surface area contributed by atoms with Crippen molar-refractivity contribution in [2.45, 2.75) is 31.8 Å². The number of carbonyl (C=O) groups excluding carboxylic acids is 1. The van der Waals surface area contributed by atoms with E-state index in [9.17, 15) is 19.1 Å². The molecule has 3 aromatic heterocycles. The highest BCUT2D eigenvalue weighted by molar-refractivity contribution is 5.92. The van der Waals surface area contributed by atoms with Crippen LogP contribution in [0.2, 0.25) is 0 Å². The number of nitrogens with one attached hydrogen (secondary N) is 1. The molecule has 0 spiro atoms. The molecule has 10 nitrogen and oxygen atoms in total. The van der Waals surface area contributed by atoms with Crippen molar-refractivity contribution >= 4 is 17.5 Å². The Bertz CT molecular complexity index is 1760. The van der Waals surface area contributed by atoms with Crippen LogP contribution in [0.1, 0.15) is 56.4 Å². The second-order valence-electron chi connectivity index (χ2n) is 9.74. The molecule has 11 heteroatoms. The summed E-state index contributed by atoms with van der Waals surface area (Å²) < 4.78 is 22.9. The van der Waals surface area contributed by atoms with Gasteiger partial charge >= 0.3 is 5.97 Å². The molecule has 40 heavy (non-hydrogen) atoms. The topological polar surface area (TPSA) is 124 Å². The van der Waals surface area contributed by atoms with E-state index in [0.717, 1.165) is 11.3 Å². The summed E-state index contributed by atoms with van der Waals surface area (Å²) in [6, 6.07) is 13.1. The fourth-order valence-corrected chi connectivity index (χ4v) is 4.70. The lowest BCUT2D eigenvalue weighted by atomic mass is 9.97. The van der Waals surface area contributed by atoms with Gasteiger partial charge in [-0.3, -0.25) is 4.79 Å². The van der Waals surface area contributed by atoms with Gasteiger partial charge in [0, 0.05) is 18.9 Å². The van der Waals surface area contributed by atoms with Gasteiger partial charge in [-0.25, -0.2) is 18.9 Å². The van der Waals surface area contributed by atoms with Crippen LogP contribution >= 0.6 is 0 Å². The van der Waals surface area contributed by atoms with Crippen LogP contribution < -0.4 is 10.1 Å². The highest BCUT2D eigenvalue weighted by atomic mass is 19.1. The summed E-state index contributed by atoms with van der Waals surface area (Å²) in [4.78, 5) is 29.1. The van der Waals surface area contributed by atoms with E-state index >= 15 is 0 Å². The van der Waals surface area contributed by atoms with Crippen LogP contribution in [0.15, 0.2) is 67.1 Å². The summed E-state index contributed by atoms with van der Waals surface area (Å²) in [6.45, 7) is 0.333. The molecule has 5 aromatic rings. The van der Waals surface area contributed by atoms with Crippen LogP contribution in [-0.2, 0) is 13.1 Å². The van der Waals surface area contributed by atoms with Crippen molar-refractivity contribution in [3.8, 4) is 16.9 Å². The molecule has 1 fully saturated rings. The first-order chi connectivity index (χ1) is 19.4. The molecule has 0 saturated heterocycles. The van der Waals surface area contributed by atoms with Crippen molar-refractivity contribution in [1.29, 1.82) is 0 Å². The minimum atomic E-state index is -1.11. The van der Waals surface area contributed by atoms with Crippen molar-refractivity contribution in [2.75, 3.05) is 7.11 Å². The number of methoxy groups -OCH3 is 1. The molecule has 0 unspecified atom stereocenters. The summed E-state index contributed by atoms with van der Waals surface area (Å²) >= 11 is 0. The minimum absolute atomic E-state index is 0.00838. The molecule has 0 aliphatic heterocycles. The van der Waals surface area contributed by atoms with Crippen LogP contribution in [0.4, 0.5) is 4.39 Å². The SMILES string of the molecule is COc1ccc(-c2ccc(C(=O)O)cc2CNC(=O)c2cn(Cc3cn4cc(C5CC5)ccc4n3)nn2)cc1F. The standard InChI is InChI=1S/C29H25FN6O4/c1-40-26-8-5-18(11-24(26)30)23-7-4-19(29(38)39)10-21(23)12-31-28(37)25-16-36(34-33-25)15-22-14-35-13-20(17-2-3-17)6-9-27(35)32-22/h4-11,13-14,16-17H,2-3,12,15H2,1H3,(H,31,37)(H,38,39). The van der Waals surface area contributed by atoms with E-state index in [0.29, 0.717) is 29.2 Å². The number of carboxylic acid groups (broad SMARTS) is 1. The Kier molecular flexibility index (Phi) is 6.47. The zero-order chi connectivity index (χ0) is 27.8. The number of halogens is 1. The van der Waals surface area contributed by atoms with Crippen LogP contribution in [0, 0.1) is 5.82 Å². The molecule has 0 atom stereocenters. The number of ether oxygens (including phenoxy) is 1. The second kappa shape index (κ2) is 10.3. The smallest absolute Gasteiger partial charge is 0.335 e. The highest BCUT2D eigenvalue weighted by Gasteiger charge is 2.24. The van der Waals surface area contributed by atoms with Crippen LogP contribution in [-0.4, -0.2) is 48.5 Å². The fraction of sp³-hybridized carbons (Fsp3) is 0.207. The number of hydrogen-bond donors (Lipinski definition) is 2. The quantitative estimate of drug-likeness (QED) is 0.286. The largest absolute Gasteiger partial charge is 0.494 e. The number of nitrogens with zero attached hydrogens (tertiary/aromatic N) is 5. The first-order valence-corrected chi connectivity index (χ1v) is 12.7. The third kappa shape index (κ3) is 5.13. The molecule has 202 valence electrons. The summed E-state index contributed by atoms with van der Waals surface area (Å²) in [5.74, 6) is -1.41. The molecule has 0 bridgehead atoms. The summed E-state index contributed by atoms with van der Waals surface area (Å²) in [7, 11) is 1.37. The van der Waals surface area contributed by atoms with Crippen molar-refractivity contribution in [3.05, 3.63) is 101 Å². The Hall–Kier alpha value is -5.06. The fourth-order valence-electron chi connectivity index (χ4n) is 4.70. The Morgan fingerprint density at radius 2 is 1.95 bits per heavy atom. The number of imidazole rings is 1. The van der Waals surface area contributed by atoms with Gasteiger partial charge in [-0.2, -0.15) is 0 Å². The zero-order valence-electron chi connectivity index (χ0n) is 21.5.